The molecular weight excluding hydrogens is 220 g/mol. The molecule has 17 heavy (non-hydrogen) atoms. The van der Waals surface area contributed by atoms with Crippen LogP contribution in [0, 0.1) is 0 Å². The third-order valence-corrected chi connectivity index (χ3v) is 2.56. The lowest BCUT2D eigenvalue weighted by atomic mass is 10.0. The number of methoxy groups -OCH3 is 1. The number of hydrogen-bond donors (Lipinski definition) is 2. The Morgan fingerprint density at radius 1 is 1.59 bits per heavy atom. The molecule has 0 fully saturated rings. The molecule has 0 spiro atoms. The van der Waals surface area contributed by atoms with Gasteiger partial charge in [0.05, 0.1) is 18.5 Å². The monoisotopic (exact) mass is 242 g/mol. The fraction of sp³-hybridized carbons (Fsp3) is 0.818. The zero-order valence-corrected chi connectivity index (χ0v) is 10.8. The summed E-state index contributed by atoms with van der Waals surface area (Å²) in [5.74, 6) is 0. The van der Waals surface area contributed by atoms with Gasteiger partial charge >= 0.3 is 0 Å². The maximum absolute atomic E-state index is 10.4. The van der Waals surface area contributed by atoms with Crippen LogP contribution < -0.4 is 5.32 Å². The molecule has 2 N–H and O–H groups in total. The maximum Gasteiger partial charge on any atom is 0.117 e. The zero-order chi connectivity index (χ0) is 12.7. The van der Waals surface area contributed by atoms with E-state index in [2.05, 4.69) is 22.6 Å². The summed E-state index contributed by atoms with van der Waals surface area (Å²) in [4.78, 5) is 0. The Labute approximate surface area is 102 Å². The van der Waals surface area contributed by atoms with E-state index in [4.69, 9.17) is 4.74 Å². The van der Waals surface area contributed by atoms with Crippen molar-refractivity contribution in [3.05, 3.63) is 11.9 Å². The maximum atomic E-state index is 10.4. The van der Waals surface area contributed by atoms with Crippen molar-refractivity contribution in [2.75, 3.05) is 26.8 Å². The fourth-order valence-electron chi connectivity index (χ4n) is 1.65. The molecule has 1 heterocycles. The van der Waals surface area contributed by atoms with Crippen molar-refractivity contribution in [2.24, 2.45) is 0 Å². The van der Waals surface area contributed by atoms with Gasteiger partial charge in [0.1, 0.15) is 5.60 Å². The van der Waals surface area contributed by atoms with E-state index in [1.807, 2.05) is 0 Å². The lowest BCUT2D eigenvalue weighted by molar-refractivity contribution is 0.0456. The van der Waals surface area contributed by atoms with Gasteiger partial charge in [-0.3, -0.25) is 0 Å². The first-order valence-electron chi connectivity index (χ1n) is 5.93. The molecule has 6 nitrogen and oxygen atoms in total. The first-order valence-corrected chi connectivity index (χ1v) is 5.93. The summed E-state index contributed by atoms with van der Waals surface area (Å²) in [5, 5.41) is 21.3. The summed E-state index contributed by atoms with van der Waals surface area (Å²) in [6.45, 7) is 6.39. The molecule has 1 aromatic rings. The number of ether oxygens (including phenoxy) is 1. The van der Waals surface area contributed by atoms with Gasteiger partial charge in [-0.15, -0.1) is 5.10 Å². The van der Waals surface area contributed by atoms with Gasteiger partial charge in [-0.25, -0.2) is 4.68 Å². The first-order chi connectivity index (χ1) is 8.11. The number of nitrogens with one attached hydrogen (secondary N) is 1. The van der Waals surface area contributed by atoms with E-state index >= 15 is 0 Å². The highest BCUT2D eigenvalue weighted by atomic mass is 16.5. The van der Waals surface area contributed by atoms with E-state index in [0.717, 1.165) is 18.7 Å². The minimum atomic E-state index is -0.966. The van der Waals surface area contributed by atoms with Crippen LogP contribution in [0.25, 0.3) is 0 Å². The number of nitrogens with zero attached hydrogens (tertiary/aromatic N) is 3. The van der Waals surface area contributed by atoms with Crippen molar-refractivity contribution in [1.82, 2.24) is 20.3 Å². The van der Waals surface area contributed by atoms with E-state index in [9.17, 15) is 5.11 Å². The minimum absolute atomic E-state index is 0.452. The molecule has 1 unspecified atom stereocenters. The molecule has 0 saturated carbocycles. The predicted molar refractivity (Wildman–Crippen MR) is 64.6 cm³/mol. The van der Waals surface area contributed by atoms with Gasteiger partial charge in [-0.2, -0.15) is 0 Å². The summed E-state index contributed by atoms with van der Waals surface area (Å²) in [6, 6.07) is 0. The van der Waals surface area contributed by atoms with Crippen LogP contribution in [-0.2, 0) is 16.9 Å². The van der Waals surface area contributed by atoms with E-state index < -0.39 is 5.60 Å². The van der Waals surface area contributed by atoms with E-state index in [1.165, 1.54) is 0 Å². The van der Waals surface area contributed by atoms with Crippen LogP contribution in [-0.4, -0.2) is 46.9 Å². The van der Waals surface area contributed by atoms with Crippen LogP contribution in [0.3, 0.4) is 0 Å². The standard InChI is InChI=1S/C11H22N4O2/c1-4-6-15-10(8-13-14-15)11(2,16)9-12-5-7-17-3/h8,12,16H,4-7,9H2,1-3H3. The number of hydrogen-bond acceptors (Lipinski definition) is 5. The quantitative estimate of drug-likeness (QED) is 0.634. The molecule has 0 bridgehead atoms. The predicted octanol–water partition coefficient (Wildman–Crippen LogP) is 0.132. The zero-order valence-electron chi connectivity index (χ0n) is 10.8. The highest BCUT2D eigenvalue weighted by molar-refractivity contribution is 5.07. The number of rotatable bonds is 8. The molecule has 0 radical (unpaired) electrons. The Kier molecular flexibility index (Phi) is 5.54. The van der Waals surface area contributed by atoms with Crippen LogP contribution in [0.2, 0.25) is 0 Å². The third kappa shape index (κ3) is 4.07. The molecule has 0 aliphatic carbocycles. The van der Waals surface area contributed by atoms with Crippen LogP contribution in [0.4, 0.5) is 0 Å². The molecular formula is C11H22N4O2. The average Bonchev–Trinajstić information content (AvgIpc) is 2.74. The first kappa shape index (κ1) is 14.1. The van der Waals surface area contributed by atoms with Crippen molar-refractivity contribution in [2.45, 2.75) is 32.4 Å². The largest absolute Gasteiger partial charge is 0.383 e. The van der Waals surface area contributed by atoms with Gasteiger partial charge < -0.3 is 15.2 Å². The topological polar surface area (TPSA) is 72.2 Å². The van der Waals surface area contributed by atoms with Crippen molar-refractivity contribution >= 4 is 0 Å². The van der Waals surface area contributed by atoms with Crippen molar-refractivity contribution in [3.63, 3.8) is 0 Å². The molecule has 0 aliphatic rings. The Morgan fingerprint density at radius 2 is 2.35 bits per heavy atom. The summed E-state index contributed by atoms with van der Waals surface area (Å²) in [7, 11) is 1.65. The summed E-state index contributed by atoms with van der Waals surface area (Å²) < 4.78 is 6.68. The van der Waals surface area contributed by atoms with Crippen LogP contribution in [0.5, 0.6) is 0 Å². The highest BCUT2D eigenvalue weighted by Gasteiger charge is 2.27. The Bertz CT molecular complexity index is 325. The van der Waals surface area contributed by atoms with Crippen molar-refractivity contribution in [1.29, 1.82) is 0 Å². The summed E-state index contributed by atoms with van der Waals surface area (Å²) in [5.41, 5.74) is -0.226. The summed E-state index contributed by atoms with van der Waals surface area (Å²) in [6.07, 6.45) is 2.58. The normalized spacial score (nSPS) is 14.8. The number of aliphatic hydroxyl groups is 1. The fourth-order valence-corrected chi connectivity index (χ4v) is 1.65. The molecule has 0 amide bonds. The van der Waals surface area contributed by atoms with Crippen LogP contribution in [0.15, 0.2) is 6.20 Å². The SMILES string of the molecule is CCCn1nncc1C(C)(O)CNCCOC. The van der Waals surface area contributed by atoms with Crippen molar-refractivity contribution in [3.8, 4) is 0 Å². The molecule has 0 saturated heterocycles. The molecule has 1 rings (SSSR count). The Hall–Kier alpha value is -0.980. The molecule has 1 atom stereocenters. The van der Waals surface area contributed by atoms with E-state index in [0.29, 0.717) is 19.7 Å². The van der Waals surface area contributed by atoms with Gasteiger partial charge in [0, 0.05) is 26.7 Å². The van der Waals surface area contributed by atoms with Gasteiger partial charge in [0.15, 0.2) is 0 Å². The number of aryl methyl sites for hydroxylation is 1. The van der Waals surface area contributed by atoms with Crippen molar-refractivity contribution < 1.29 is 9.84 Å². The number of aromatic nitrogens is 3. The second kappa shape index (κ2) is 6.68. The van der Waals surface area contributed by atoms with Gasteiger partial charge in [-0.05, 0) is 13.3 Å². The average molecular weight is 242 g/mol. The molecule has 0 aromatic carbocycles. The third-order valence-electron chi connectivity index (χ3n) is 2.56. The van der Waals surface area contributed by atoms with Gasteiger partial charge in [0.25, 0.3) is 0 Å². The second-order valence-electron chi connectivity index (χ2n) is 4.29. The Morgan fingerprint density at radius 3 is 3.00 bits per heavy atom. The highest BCUT2D eigenvalue weighted by Crippen LogP contribution is 2.18. The summed E-state index contributed by atoms with van der Waals surface area (Å²) >= 11 is 0. The van der Waals surface area contributed by atoms with Gasteiger partial charge in [-0.1, -0.05) is 12.1 Å². The second-order valence-corrected chi connectivity index (χ2v) is 4.29. The molecule has 1 aromatic heterocycles. The Balaban J connectivity index is 2.58. The lowest BCUT2D eigenvalue weighted by Crippen LogP contribution is -2.38. The molecule has 0 aliphatic heterocycles. The van der Waals surface area contributed by atoms with E-state index in [1.54, 1.807) is 24.9 Å². The van der Waals surface area contributed by atoms with E-state index in [-0.39, 0.29) is 0 Å². The smallest absolute Gasteiger partial charge is 0.117 e. The molecule has 98 valence electrons. The lowest BCUT2D eigenvalue weighted by Gasteiger charge is -2.24. The van der Waals surface area contributed by atoms with Crippen LogP contribution >= 0.6 is 0 Å². The minimum Gasteiger partial charge on any atom is -0.383 e. The van der Waals surface area contributed by atoms with Crippen LogP contribution in [0.1, 0.15) is 26.0 Å². The molecule has 6 heteroatoms. The van der Waals surface area contributed by atoms with Gasteiger partial charge in [0.2, 0.25) is 0 Å².